The lowest BCUT2D eigenvalue weighted by atomic mass is 9.92. The first-order valence-corrected chi connectivity index (χ1v) is 10.4. The third-order valence-corrected chi connectivity index (χ3v) is 5.89. The zero-order valence-corrected chi connectivity index (χ0v) is 17.1. The Labute approximate surface area is 164 Å². The van der Waals surface area contributed by atoms with Crippen LogP contribution in [0.15, 0.2) is 29.4 Å². The molecule has 1 amide bonds. The molecule has 0 saturated carbocycles. The molecule has 26 heavy (non-hydrogen) atoms. The van der Waals surface area contributed by atoms with Crippen molar-refractivity contribution in [1.29, 1.82) is 0 Å². The summed E-state index contributed by atoms with van der Waals surface area (Å²) in [6.45, 7) is 8.97. The topological polar surface area (TPSA) is 51.0 Å². The van der Waals surface area contributed by atoms with Gasteiger partial charge >= 0.3 is 0 Å². The van der Waals surface area contributed by atoms with Crippen molar-refractivity contribution in [1.82, 2.24) is 19.7 Å². The molecule has 1 fully saturated rings. The number of nitrogens with zero attached hydrogens (tertiary/aromatic N) is 4. The Balaban J connectivity index is 1.68. The van der Waals surface area contributed by atoms with Crippen molar-refractivity contribution in [2.75, 3.05) is 18.8 Å². The average molecular weight is 393 g/mol. The first kappa shape index (κ1) is 19.2. The van der Waals surface area contributed by atoms with Crippen LogP contribution in [0.2, 0.25) is 5.02 Å². The smallest absolute Gasteiger partial charge is 0.233 e. The minimum atomic E-state index is 0.187. The van der Waals surface area contributed by atoms with Crippen LogP contribution in [0, 0.1) is 11.8 Å². The number of carbonyl (C=O) groups is 1. The molecule has 1 aliphatic rings. The molecule has 1 saturated heterocycles. The van der Waals surface area contributed by atoms with Gasteiger partial charge in [0.2, 0.25) is 5.91 Å². The molecule has 140 valence electrons. The van der Waals surface area contributed by atoms with Crippen molar-refractivity contribution in [2.24, 2.45) is 11.8 Å². The summed E-state index contributed by atoms with van der Waals surface area (Å²) in [5.41, 5.74) is 0.973. The molecule has 0 aliphatic carbocycles. The number of hydrogen-bond donors (Lipinski definition) is 0. The van der Waals surface area contributed by atoms with Crippen molar-refractivity contribution < 1.29 is 4.79 Å². The van der Waals surface area contributed by atoms with Gasteiger partial charge in [-0.3, -0.25) is 4.79 Å². The van der Waals surface area contributed by atoms with E-state index in [4.69, 9.17) is 11.6 Å². The van der Waals surface area contributed by atoms with Crippen LogP contribution in [0.1, 0.15) is 27.2 Å². The molecule has 3 rings (SSSR count). The van der Waals surface area contributed by atoms with E-state index in [1.54, 1.807) is 0 Å². The number of aromatic nitrogens is 3. The van der Waals surface area contributed by atoms with Gasteiger partial charge < -0.3 is 9.47 Å². The van der Waals surface area contributed by atoms with Crippen LogP contribution >= 0.6 is 23.4 Å². The Morgan fingerprint density at radius 1 is 1.19 bits per heavy atom. The summed E-state index contributed by atoms with van der Waals surface area (Å²) in [7, 11) is 0. The Morgan fingerprint density at radius 3 is 2.46 bits per heavy atom. The van der Waals surface area contributed by atoms with Gasteiger partial charge in [0.15, 0.2) is 11.0 Å². The van der Waals surface area contributed by atoms with Gasteiger partial charge in [0.1, 0.15) is 0 Å². The van der Waals surface area contributed by atoms with Gasteiger partial charge in [0, 0.05) is 30.2 Å². The molecule has 2 heterocycles. The lowest BCUT2D eigenvalue weighted by Crippen LogP contribution is -2.43. The highest BCUT2D eigenvalue weighted by molar-refractivity contribution is 7.99. The van der Waals surface area contributed by atoms with E-state index in [1.165, 1.54) is 18.2 Å². The highest BCUT2D eigenvalue weighted by atomic mass is 35.5. The highest BCUT2D eigenvalue weighted by Crippen LogP contribution is 2.26. The van der Waals surface area contributed by atoms with E-state index < -0.39 is 0 Å². The molecule has 0 spiro atoms. The van der Waals surface area contributed by atoms with Gasteiger partial charge in [0.05, 0.1) is 5.75 Å². The van der Waals surface area contributed by atoms with E-state index in [0.29, 0.717) is 22.6 Å². The number of carbonyl (C=O) groups excluding carboxylic acids is 1. The highest BCUT2D eigenvalue weighted by Gasteiger charge is 2.25. The minimum Gasteiger partial charge on any atom is -0.341 e. The lowest BCUT2D eigenvalue weighted by Gasteiger charge is -2.34. The maximum absolute atomic E-state index is 12.6. The number of benzene rings is 1. The van der Waals surface area contributed by atoms with E-state index in [9.17, 15) is 4.79 Å². The molecule has 0 bridgehead atoms. The van der Waals surface area contributed by atoms with Gasteiger partial charge in [0.25, 0.3) is 0 Å². The second-order valence-electron chi connectivity index (χ2n) is 7.09. The summed E-state index contributed by atoms with van der Waals surface area (Å²) in [6, 6.07) is 7.57. The number of thioether (sulfide) groups is 1. The molecule has 5 nitrogen and oxygen atoms in total. The SMILES string of the molecule is CCn1c(SCC(=O)N2C[C@H](C)C[C@H](C)C2)nnc1-c1ccc(Cl)cc1. The van der Waals surface area contributed by atoms with Crippen molar-refractivity contribution >= 4 is 29.3 Å². The third kappa shape index (κ3) is 4.41. The molecule has 2 atom stereocenters. The maximum atomic E-state index is 12.6. The third-order valence-electron chi connectivity index (χ3n) is 4.68. The largest absolute Gasteiger partial charge is 0.341 e. The van der Waals surface area contributed by atoms with Gasteiger partial charge in [-0.1, -0.05) is 37.2 Å². The van der Waals surface area contributed by atoms with E-state index >= 15 is 0 Å². The standard InChI is InChI=1S/C19H25ClN4OS/c1-4-24-18(15-5-7-16(20)8-6-15)21-22-19(24)26-12-17(25)23-10-13(2)9-14(3)11-23/h5-8,13-14H,4,9-12H2,1-3H3/t13-,14+. The van der Waals surface area contributed by atoms with E-state index in [-0.39, 0.29) is 5.91 Å². The molecule has 1 aromatic heterocycles. The number of likely N-dealkylation sites (tertiary alicyclic amines) is 1. The average Bonchev–Trinajstić information content (AvgIpc) is 3.02. The van der Waals surface area contributed by atoms with Crippen LogP contribution in [-0.4, -0.2) is 44.4 Å². The minimum absolute atomic E-state index is 0.187. The van der Waals surface area contributed by atoms with Crippen molar-refractivity contribution in [3.05, 3.63) is 29.3 Å². The molecule has 0 radical (unpaired) electrons. The maximum Gasteiger partial charge on any atom is 0.233 e. The first-order chi connectivity index (χ1) is 12.5. The summed E-state index contributed by atoms with van der Waals surface area (Å²) in [5.74, 6) is 2.54. The number of halogens is 1. The van der Waals surface area contributed by atoms with Gasteiger partial charge in [-0.15, -0.1) is 10.2 Å². The quantitative estimate of drug-likeness (QED) is 0.715. The van der Waals surface area contributed by atoms with Crippen LogP contribution < -0.4 is 0 Å². The fraction of sp³-hybridized carbons (Fsp3) is 0.526. The summed E-state index contributed by atoms with van der Waals surface area (Å²) in [4.78, 5) is 14.6. The second-order valence-corrected chi connectivity index (χ2v) is 8.47. The number of hydrogen-bond acceptors (Lipinski definition) is 4. The van der Waals surface area contributed by atoms with Crippen LogP contribution in [0.25, 0.3) is 11.4 Å². The second kappa shape index (κ2) is 8.44. The lowest BCUT2D eigenvalue weighted by molar-refractivity contribution is -0.130. The summed E-state index contributed by atoms with van der Waals surface area (Å²) >= 11 is 7.43. The molecule has 0 N–H and O–H groups in total. The van der Waals surface area contributed by atoms with Crippen LogP contribution in [-0.2, 0) is 11.3 Å². The van der Waals surface area contributed by atoms with Crippen molar-refractivity contribution in [3.8, 4) is 11.4 Å². The van der Waals surface area contributed by atoms with Crippen molar-refractivity contribution in [3.63, 3.8) is 0 Å². The zero-order chi connectivity index (χ0) is 18.7. The molecule has 0 unspecified atom stereocenters. The van der Waals surface area contributed by atoms with Crippen molar-refractivity contribution in [2.45, 2.75) is 38.9 Å². The molecule has 7 heteroatoms. The van der Waals surface area contributed by atoms with Gasteiger partial charge in [-0.2, -0.15) is 0 Å². The summed E-state index contributed by atoms with van der Waals surface area (Å²) in [5, 5.41) is 10.1. The normalized spacial score (nSPS) is 20.4. The Kier molecular flexibility index (Phi) is 6.24. The Bertz CT molecular complexity index is 751. The molecule has 1 aliphatic heterocycles. The number of rotatable bonds is 5. The monoisotopic (exact) mass is 392 g/mol. The van der Waals surface area contributed by atoms with Gasteiger partial charge in [-0.25, -0.2) is 0 Å². The van der Waals surface area contributed by atoms with Crippen LogP contribution in [0.5, 0.6) is 0 Å². The molecular weight excluding hydrogens is 368 g/mol. The molecule has 1 aromatic carbocycles. The van der Waals surface area contributed by atoms with Crippen LogP contribution in [0.4, 0.5) is 0 Å². The predicted molar refractivity (Wildman–Crippen MR) is 106 cm³/mol. The van der Waals surface area contributed by atoms with E-state index in [1.807, 2.05) is 33.7 Å². The fourth-order valence-electron chi connectivity index (χ4n) is 3.58. The first-order valence-electron chi connectivity index (χ1n) is 9.07. The number of amides is 1. The summed E-state index contributed by atoms with van der Waals surface area (Å²) in [6.07, 6.45) is 1.20. The van der Waals surface area contributed by atoms with Gasteiger partial charge in [-0.05, 0) is 49.4 Å². The Morgan fingerprint density at radius 2 is 1.85 bits per heavy atom. The number of piperidine rings is 1. The fourth-order valence-corrected chi connectivity index (χ4v) is 4.61. The zero-order valence-electron chi connectivity index (χ0n) is 15.5. The van der Waals surface area contributed by atoms with Crippen LogP contribution in [0.3, 0.4) is 0 Å². The molecule has 2 aromatic rings. The predicted octanol–water partition coefficient (Wildman–Crippen LogP) is 4.22. The van der Waals surface area contributed by atoms with E-state index in [2.05, 4.69) is 31.0 Å². The summed E-state index contributed by atoms with van der Waals surface area (Å²) < 4.78 is 2.04. The molecular formula is C19H25ClN4OS. The van der Waals surface area contributed by atoms with E-state index in [0.717, 1.165) is 36.2 Å². The Hall–Kier alpha value is -1.53.